The van der Waals surface area contributed by atoms with Crippen molar-refractivity contribution in [1.82, 2.24) is 0 Å². The third kappa shape index (κ3) is 4.05. The standard InChI is InChI=1S/C16H15NO5/c1-2-21-16(18)13-5-3-12(4-6-13)11-22-15-9-7-14(8-10-15)17(19)20/h3-10H,2,11H2,1H3. The Morgan fingerprint density at radius 1 is 1.09 bits per heavy atom. The molecule has 6 nitrogen and oxygen atoms in total. The molecule has 0 aliphatic rings. The van der Waals surface area contributed by atoms with Gasteiger partial charge in [0.1, 0.15) is 12.4 Å². The molecule has 0 radical (unpaired) electrons. The minimum Gasteiger partial charge on any atom is -0.489 e. The topological polar surface area (TPSA) is 78.7 Å². The van der Waals surface area contributed by atoms with Crippen LogP contribution in [0.2, 0.25) is 0 Å². The van der Waals surface area contributed by atoms with Gasteiger partial charge in [-0.2, -0.15) is 0 Å². The van der Waals surface area contributed by atoms with Crippen LogP contribution in [0.5, 0.6) is 5.75 Å². The number of benzene rings is 2. The molecule has 0 amide bonds. The van der Waals surface area contributed by atoms with Gasteiger partial charge in [-0.25, -0.2) is 4.79 Å². The van der Waals surface area contributed by atoms with Crippen molar-refractivity contribution in [3.63, 3.8) is 0 Å². The molecule has 114 valence electrons. The van der Waals surface area contributed by atoms with Crippen LogP contribution in [0.25, 0.3) is 0 Å². The van der Waals surface area contributed by atoms with Crippen molar-refractivity contribution < 1.29 is 19.2 Å². The minimum atomic E-state index is -0.460. The largest absolute Gasteiger partial charge is 0.489 e. The first-order chi connectivity index (χ1) is 10.6. The van der Waals surface area contributed by atoms with E-state index in [4.69, 9.17) is 9.47 Å². The number of nitrogens with zero attached hydrogens (tertiary/aromatic N) is 1. The molecule has 0 N–H and O–H groups in total. The number of esters is 1. The van der Waals surface area contributed by atoms with Crippen molar-refractivity contribution in [3.8, 4) is 5.75 Å². The van der Waals surface area contributed by atoms with E-state index in [1.165, 1.54) is 12.1 Å². The van der Waals surface area contributed by atoms with Crippen LogP contribution in [0.15, 0.2) is 48.5 Å². The van der Waals surface area contributed by atoms with E-state index in [0.29, 0.717) is 24.5 Å². The molecule has 2 aromatic carbocycles. The molecule has 0 aromatic heterocycles. The maximum absolute atomic E-state index is 11.5. The molecule has 0 atom stereocenters. The number of non-ortho nitro benzene ring substituents is 1. The number of ether oxygens (including phenoxy) is 2. The molecule has 0 saturated carbocycles. The SMILES string of the molecule is CCOC(=O)c1ccc(COc2ccc([N+](=O)[O-])cc2)cc1. The van der Waals surface area contributed by atoms with E-state index in [2.05, 4.69) is 0 Å². The van der Waals surface area contributed by atoms with Crippen LogP contribution in [0, 0.1) is 10.1 Å². The second kappa shape index (κ2) is 7.21. The number of rotatable bonds is 6. The third-order valence-electron chi connectivity index (χ3n) is 2.92. The van der Waals surface area contributed by atoms with Crippen LogP contribution in [0.1, 0.15) is 22.8 Å². The Morgan fingerprint density at radius 2 is 1.73 bits per heavy atom. The lowest BCUT2D eigenvalue weighted by Gasteiger charge is -2.07. The second-order valence-corrected chi connectivity index (χ2v) is 4.46. The molecule has 0 fully saturated rings. The monoisotopic (exact) mass is 301 g/mol. The molecule has 2 aromatic rings. The highest BCUT2D eigenvalue weighted by Crippen LogP contribution is 2.18. The molecule has 0 aliphatic heterocycles. The summed E-state index contributed by atoms with van der Waals surface area (Å²) >= 11 is 0. The summed E-state index contributed by atoms with van der Waals surface area (Å²) in [7, 11) is 0. The van der Waals surface area contributed by atoms with Crippen molar-refractivity contribution >= 4 is 11.7 Å². The first kappa shape index (κ1) is 15.5. The summed E-state index contributed by atoms with van der Waals surface area (Å²) < 4.78 is 10.4. The van der Waals surface area contributed by atoms with Gasteiger partial charge in [0.2, 0.25) is 0 Å². The van der Waals surface area contributed by atoms with Crippen molar-refractivity contribution in [2.75, 3.05) is 6.61 Å². The summed E-state index contributed by atoms with van der Waals surface area (Å²) in [5, 5.41) is 10.6. The molecule has 0 unspecified atom stereocenters. The quantitative estimate of drug-likeness (QED) is 0.464. The second-order valence-electron chi connectivity index (χ2n) is 4.46. The number of carbonyl (C=O) groups is 1. The van der Waals surface area contributed by atoms with Gasteiger partial charge in [0.25, 0.3) is 5.69 Å². The Kier molecular flexibility index (Phi) is 5.08. The summed E-state index contributed by atoms with van der Waals surface area (Å²) in [6.45, 7) is 2.40. The summed E-state index contributed by atoms with van der Waals surface area (Å²) in [6, 6.07) is 12.8. The zero-order valence-electron chi connectivity index (χ0n) is 12.0. The fourth-order valence-corrected chi connectivity index (χ4v) is 1.78. The number of carbonyl (C=O) groups excluding carboxylic acids is 1. The van der Waals surface area contributed by atoms with Crippen LogP contribution in [-0.4, -0.2) is 17.5 Å². The Morgan fingerprint density at radius 3 is 2.27 bits per heavy atom. The maximum atomic E-state index is 11.5. The van der Waals surface area contributed by atoms with Gasteiger partial charge in [-0.05, 0) is 36.8 Å². The molecular weight excluding hydrogens is 286 g/mol. The predicted octanol–water partition coefficient (Wildman–Crippen LogP) is 3.35. The summed E-state index contributed by atoms with van der Waals surface area (Å²) in [5.74, 6) is 0.186. The van der Waals surface area contributed by atoms with E-state index in [0.717, 1.165) is 5.56 Å². The summed E-state index contributed by atoms with van der Waals surface area (Å²) in [4.78, 5) is 21.6. The fourth-order valence-electron chi connectivity index (χ4n) is 1.78. The third-order valence-corrected chi connectivity index (χ3v) is 2.92. The highest BCUT2D eigenvalue weighted by atomic mass is 16.6. The minimum absolute atomic E-state index is 0.0196. The lowest BCUT2D eigenvalue weighted by Crippen LogP contribution is -2.04. The first-order valence-corrected chi connectivity index (χ1v) is 6.73. The normalized spacial score (nSPS) is 10.0. The average molecular weight is 301 g/mol. The van der Waals surface area contributed by atoms with Gasteiger partial charge in [-0.3, -0.25) is 10.1 Å². The molecule has 0 aliphatic carbocycles. The van der Waals surface area contributed by atoms with Gasteiger partial charge >= 0.3 is 5.97 Å². The Bertz CT molecular complexity index is 649. The Hall–Kier alpha value is -2.89. The Labute approximate surface area is 127 Å². The zero-order valence-corrected chi connectivity index (χ0v) is 12.0. The van der Waals surface area contributed by atoms with Crippen molar-refractivity contribution in [2.45, 2.75) is 13.5 Å². The van der Waals surface area contributed by atoms with E-state index in [1.54, 1.807) is 43.3 Å². The smallest absolute Gasteiger partial charge is 0.338 e. The van der Waals surface area contributed by atoms with E-state index in [9.17, 15) is 14.9 Å². The van der Waals surface area contributed by atoms with Gasteiger partial charge in [-0.1, -0.05) is 12.1 Å². The number of hydrogen-bond donors (Lipinski definition) is 0. The van der Waals surface area contributed by atoms with Crippen LogP contribution < -0.4 is 4.74 Å². The van der Waals surface area contributed by atoms with E-state index in [1.807, 2.05) is 0 Å². The van der Waals surface area contributed by atoms with E-state index < -0.39 is 4.92 Å². The predicted molar refractivity (Wildman–Crippen MR) is 79.8 cm³/mol. The molecule has 0 heterocycles. The molecule has 2 rings (SSSR count). The maximum Gasteiger partial charge on any atom is 0.338 e. The highest BCUT2D eigenvalue weighted by Gasteiger charge is 2.07. The number of nitro groups is 1. The van der Waals surface area contributed by atoms with Crippen molar-refractivity contribution in [1.29, 1.82) is 0 Å². The molecule has 0 spiro atoms. The zero-order chi connectivity index (χ0) is 15.9. The van der Waals surface area contributed by atoms with Gasteiger partial charge < -0.3 is 9.47 Å². The van der Waals surface area contributed by atoms with E-state index >= 15 is 0 Å². The Balaban J connectivity index is 1.94. The molecule has 6 heteroatoms. The average Bonchev–Trinajstić information content (AvgIpc) is 2.54. The van der Waals surface area contributed by atoms with Gasteiger partial charge in [0.05, 0.1) is 17.1 Å². The molecule has 0 saturated heterocycles. The lowest BCUT2D eigenvalue weighted by atomic mass is 10.1. The van der Waals surface area contributed by atoms with Gasteiger partial charge in [0, 0.05) is 12.1 Å². The molecule has 22 heavy (non-hydrogen) atoms. The summed E-state index contributed by atoms with van der Waals surface area (Å²) in [6.07, 6.45) is 0. The van der Waals surface area contributed by atoms with Gasteiger partial charge in [-0.15, -0.1) is 0 Å². The molecular formula is C16H15NO5. The van der Waals surface area contributed by atoms with Crippen LogP contribution in [0.3, 0.4) is 0 Å². The van der Waals surface area contributed by atoms with Crippen molar-refractivity contribution in [3.05, 3.63) is 69.8 Å². The molecule has 0 bridgehead atoms. The van der Waals surface area contributed by atoms with Crippen molar-refractivity contribution in [2.24, 2.45) is 0 Å². The van der Waals surface area contributed by atoms with Gasteiger partial charge in [0.15, 0.2) is 0 Å². The van der Waals surface area contributed by atoms with Crippen LogP contribution in [0.4, 0.5) is 5.69 Å². The van der Waals surface area contributed by atoms with Crippen LogP contribution in [-0.2, 0) is 11.3 Å². The summed E-state index contributed by atoms with van der Waals surface area (Å²) in [5.41, 5.74) is 1.39. The highest BCUT2D eigenvalue weighted by molar-refractivity contribution is 5.89. The first-order valence-electron chi connectivity index (χ1n) is 6.73. The number of hydrogen-bond acceptors (Lipinski definition) is 5. The fraction of sp³-hybridized carbons (Fsp3) is 0.188. The lowest BCUT2D eigenvalue weighted by molar-refractivity contribution is -0.384. The number of nitro benzene ring substituents is 1. The van der Waals surface area contributed by atoms with E-state index in [-0.39, 0.29) is 11.7 Å². The van der Waals surface area contributed by atoms with Crippen LogP contribution >= 0.6 is 0 Å².